The van der Waals surface area contributed by atoms with Crippen LogP contribution in [0.1, 0.15) is 11.1 Å². The molecule has 2 nitrogen and oxygen atoms in total. The van der Waals surface area contributed by atoms with Crippen molar-refractivity contribution in [2.75, 3.05) is 14.1 Å². The van der Waals surface area contributed by atoms with E-state index in [9.17, 15) is 0 Å². The van der Waals surface area contributed by atoms with Crippen molar-refractivity contribution in [3.05, 3.63) is 120 Å². The number of allylic oxidation sites excluding steroid dienone is 8. The van der Waals surface area contributed by atoms with Gasteiger partial charge in [0.25, 0.3) is 0 Å². The van der Waals surface area contributed by atoms with Gasteiger partial charge in [0.1, 0.15) is 25.6 Å². The van der Waals surface area contributed by atoms with Gasteiger partial charge in [-0.3, -0.25) is 0 Å². The molecule has 1 aliphatic carbocycles. The van der Waals surface area contributed by atoms with E-state index in [2.05, 4.69) is 91.5 Å². The fourth-order valence-corrected chi connectivity index (χ4v) is 3.25. The number of benzene rings is 2. The van der Waals surface area contributed by atoms with Crippen molar-refractivity contribution in [1.82, 2.24) is 0 Å². The van der Waals surface area contributed by atoms with E-state index < -0.39 is 0 Å². The molecule has 0 aromatic heterocycles. The van der Waals surface area contributed by atoms with Crippen molar-refractivity contribution < 1.29 is 9.31 Å². The minimum Gasteiger partial charge on any atom is -0.456 e. The Bertz CT molecular complexity index is 1030. The van der Waals surface area contributed by atoms with Crippen molar-refractivity contribution in [1.29, 1.82) is 0 Å². The van der Waals surface area contributed by atoms with Gasteiger partial charge < -0.3 is 4.74 Å². The smallest absolute Gasteiger partial charge is 0.210 e. The van der Waals surface area contributed by atoms with E-state index in [1.165, 1.54) is 5.56 Å². The Morgan fingerprint density at radius 3 is 2.00 bits per heavy atom. The van der Waals surface area contributed by atoms with Gasteiger partial charge in [0.05, 0.1) is 5.57 Å². The van der Waals surface area contributed by atoms with Gasteiger partial charge in [-0.15, -0.1) is 0 Å². The second-order valence-electron chi connectivity index (χ2n) is 6.72. The molecule has 4 rings (SSSR count). The third-order valence-corrected chi connectivity index (χ3v) is 4.61. The Labute approximate surface area is 160 Å². The van der Waals surface area contributed by atoms with Gasteiger partial charge >= 0.3 is 0 Å². The predicted molar refractivity (Wildman–Crippen MR) is 112 cm³/mol. The van der Waals surface area contributed by atoms with Crippen LogP contribution in [0.25, 0.3) is 11.3 Å². The molecule has 0 spiro atoms. The van der Waals surface area contributed by atoms with Crippen LogP contribution in [-0.4, -0.2) is 24.4 Å². The summed E-state index contributed by atoms with van der Waals surface area (Å²) >= 11 is 0. The van der Waals surface area contributed by atoms with Crippen LogP contribution in [-0.2, 0) is 4.74 Å². The normalized spacial score (nSPS) is 18.7. The summed E-state index contributed by atoms with van der Waals surface area (Å²) in [7, 11) is 4.11. The SMILES string of the molecule is C[N+](C)=C1C=CC=C/C1=C1/C=C(c2ccccc2)C=C(c2ccccc2)O1. The zero-order valence-corrected chi connectivity index (χ0v) is 15.6. The molecule has 2 aliphatic rings. The number of hydrogen-bond acceptors (Lipinski definition) is 1. The molecule has 1 heterocycles. The maximum absolute atomic E-state index is 6.38. The van der Waals surface area contributed by atoms with Crippen LogP contribution in [0.3, 0.4) is 0 Å². The average Bonchev–Trinajstić information content (AvgIpc) is 2.74. The molecule has 27 heavy (non-hydrogen) atoms. The molecule has 0 saturated carbocycles. The first-order valence-corrected chi connectivity index (χ1v) is 9.08. The lowest BCUT2D eigenvalue weighted by Gasteiger charge is -2.20. The van der Waals surface area contributed by atoms with Crippen LogP contribution in [0.5, 0.6) is 0 Å². The highest BCUT2D eigenvalue weighted by atomic mass is 16.5. The number of rotatable bonds is 2. The molecule has 132 valence electrons. The lowest BCUT2D eigenvalue weighted by Crippen LogP contribution is -2.16. The van der Waals surface area contributed by atoms with E-state index in [-0.39, 0.29) is 0 Å². The molecule has 0 atom stereocenters. The molecule has 0 unspecified atom stereocenters. The first kappa shape index (κ1) is 17.0. The molecule has 0 fully saturated rings. The van der Waals surface area contributed by atoms with E-state index in [4.69, 9.17) is 4.74 Å². The van der Waals surface area contributed by atoms with Crippen molar-refractivity contribution in [3.8, 4) is 0 Å². The molecule has 2 aromatic rings. The summed E-state index contributed by atoms with van der Waals surface area (Å²) in [5.41, 5.74) is 5.60. The Morgan fingerprint density at radius 2 is 1.33 bits per heavy atom. The fourth-order valence-electron chi connectivity index (χ4n) is 3.25. The molecular weight excluding hydrogens is 330 g/mol. The van der Waals surface area contributed by atoms with E-state index in [0.717, 1.165) is 33.9 Å². The molecule has 2 heteroatoms. The summed E-state index contributed by atoms with van der Waals surface area (Å²) in [4.78, 5) is 0. The summed E-state index contributed by atoms with van der Waals surface area (Å²) in [5.74, 6) is 1.72. The minimum atomic E-state index is 0.861. The van der Waals surface area contributed by atoms with Gasteiger partial charge in [0.15, 0.2) is 0 Å². The van der Waals surface area contributed by atoms with Crippen molar-refractivity contribution in [2.24, 2.45) is 0 Å². The zero-order valence-electron chi connectivity index (χ0n) is 15.6. The van der Waals surface area contributed by atoms with Gasteiger partial charge in [0, 0.05) is 11.6 Å². The standard InChI is InChI=1S/C25H22NO/c1-26(2)23-16-10-9-15-22(23)25-18-21(19-11-5-3-6-12-19)17-24(27-25)20-13-7-4-8-14-20/h3-18H,1-2H3/q+1/b25-22+. The van der Waals surface area contributed by atoms with Gasteiger partial charge in [-0.05, 0) is 29.4 Å². The number of ether oxygens (including phenoxy) is 1. The molecule has 0 saturated heterocycles. The highest BCUT2D eigenvalue weighted by Gasteiger charge is 2.22. The van der Waals surface area contributed by atoms with E-state index >= 15 is 0 Å². The Balaban J connectivity index is 1.89. The lowest BCUT2D eigenvalue weighted by molar-refractivity contribution is -0.463. The van der Waals surface area contributed by atoms with Gasteiger partial charge in [-0.1, -0.05) is 72.8 Å². The maximum atomic E-state index is 6.38. The fraction of sp³-hybridized carbons (Fsp3) is 0.0800. The van der Waals surface area contributed by atoms with Crippen LogP contribution < -0.4 is 0 Å². The first-order valence-electron chi connectivity index (χ1n) is 9.08. The Morgan fingerprint density at radius 1 is 0.704 bits per heavy atom. The lowest BCUT2D eigenvalue weighted by atomic mass is 9.97. The number of hydrogen-bond donors (Lipinski definition) is 0. The molecule has 2 aromatic carbocycles. The molecule has 0 amide bonds. The summed E-state index contributed by atoms with van der Waals surface area (Å²) in [6.07, 6.45) is 12.6. The minimum absolute atomic E-state index is 0.861. The maximum Gasteiger partial charge on any atom is 0.210 e. The molecular formula is C25H22NO+. The Hall–Kier alpha value is -3.39. The molecule has 0 radical (unpaired) electrons. The van der Waals surface area contributed by atoms with Crippen LogP contribution in [0.4, 0.5) is 0 Å². The van der Waals surface area contributed by atoms with Crippen molar-refractivity contribution in [3.63, 3.8) is 0 Å². The summed E-state index contributed by atoms with van der Waals surface area (Å²) < 4.78 is 8.49. The summed E-state index contributed by atoms with van der Waals surface area (Å²) in [6.45, 7) is 0. The second-order valence-corrected chi connectivity index (χ2v) is 6.72. The highest BCUT2D eigenvalue weighted by Crippen LogP contribution is 2.33. The highest BCUT2D eigenvalue weighted by molar-refractivity contribution is 6.09. The van der Waals surface area contributed by atoms with Gasteiger partial charge in [0.2, 0.25) is 5.71 Å². The quantitative estimate of drug-likeness (QED) is 0.674. The predicted octanol–water partition coefficient (Wildman–Crippen LogP) is 5.23. The summed E-state index contributed by atoms with van der Waals surface area (Å²) in [6, 6.07) is 20.7. The zero-order chi connectivity index (χ0) is 18.6. The molecule has 0 bridgehead atoms. The topological polar surface area (TPSA) is 12.2 Å². The van der Waals surface area contributed by atoms with Crippen LogP contribution in [0.2, 0.25) is 0 Å². The van der Waals surface area contributed by atoms with Gasteiger partial charge in [-0.2, -0.15) is 0 Å². The summed E-state index contributed by atoms with van der Waals surface area (Å²) in [5, 5.41) is 0. The second kappa shape index (κ2) is 7.46. The molecule has 1 aliphatic heterocycles. The van der Waals surface area contributed by atoms with Gasteiger partial charge in [-0.25, -0.2) is 4.58 Å². The van der Waals surface area contributed by atoms with Crippen LogP contribution in [0.15, 0.2) is 108 Å². The van der Waals surface area contributed by atoms with Crippen LogP contribution >= 0.6 is 0 Å². The monoisotopic (exact) mass is 352 g/mol. The average molecular weight is 352 g/mol. The van der Waals surface area contributed by atoms with Crippen molar-refractivity contribution >= 4 is 17.0 Å². The van der Waals surface area contributed by atoms with Crippen molar-refractivity contribution in [2.45, 2.75) is 0 Å². The third kappa shape index (κ3) is 3.61. The van der Waals surface area contributed by atoms with Crippen LogP contribution in [0, 0.1) is 0 Å². The first-order chi connectivity index (χ1) is 13.2. The van der Waals surface area contributed by atoms with E-state index in [1.54, 1.807) is 0 Å². The number of nitrogens with zero attached hydrogens (tertiary/aromatic N) is 1. The Kier molecular flexibility index (Phi) is 4.71. The van der Waals surface area contributed by atoms with E-state index in [0.29, 0.717) is 0 Å². The third-order valence-electron chi connectivity index (χ3n) is 4.61. The molecule has 0 N–H and O–H groups in total. The van der Waals surface area contributed by atoms with E-state index in [1.807, 2.05) is 24.3 Å². The largest absolute Gasteiger partial charge is 0.456 e.